The Kier molecular flexibility index (Phi) is 7.09. The van der Waals surface area contributed by atoms with Crippen molar-refractivity contribution >= 4 is 31.6 Å². The molecule has 3 rings (SSSR count). The van der Waals surface area contributed by atoms with Crippen LogP contribution in [-0.2, 0) is 37.3 Å². The first kappa shape index (κ1) is 23.6. The average molecular weight is 478 g/mol. The van der Waals surface area contributed by atoms with Crippen LogP contribution in [0, 0.1) is 0 Å². The summed E-state index contributed by atoms with van der Waals surface area (Å²) in [6, 6.07) is 14.0. The van der Waals surface area contributed by atoms with Gasteiger partial charge in [-0.1, -0.05) is 35.4 Å². The van der Waals surface area contributed by atoms with Crippen LogP contribution in [0.4, 0.5) is 6.01 Å². The second-order valence-electron chi connectivity index (χ2n) is 7.35. The molecule has 1 aromatic heterocycles. The predicted octanol–water partition coefficient (Wildman–Crippen LogP) is 2.45. The number of carbonyl (C=O) groups excluding carboxylic acids is 1. The van der Waals surface area contributed by atoms with Crippen LogP contribution in [0.5, 0.6) is 0 Å². The summed E-state index contributed by atoms with van der Waals surface area (Å²) >= 11 is 0. The van der Waals surface area contributed by atoms with E-state index in [1.807, 2.05) is 0 Å². The van der Waals surface area contributed by atoms with Crippen molar-refractivity contribution in [3.63, 3.8) is 0 Å². The maximum absolute atomic E-state index is 12.3. The zero-order valence-corrected chi connectivity index (χ0v) is 19.2. The lowest BCUT2D eigenvalue weighted by molar-refractivity contribution is -0.115. The molecule has 0 saturated heterocycles. The van der Waals surface area contributed by atoms with Gasteiger partial charge in [0, 0.05) is 6.42 Å². The number of benzene rings is 2. The van der Waals surface area contributed by atoms with Gasteiger partial charge in [0.1, 0.15) is 0 Å². The fraction of sp³-hybridized carbons (Fsp3) is 0.286. The van der Waals surface area contributed by atoms with E-state index in [4.69, 9.17) is 4.42 Å². The van der Waals surface area contributed by atoms with Gasteiger partial charge >= 0.3 is 6.01 Å². The Hall–Kier alpha value is -3.05. The maximum atomic E-state index is 12.3. The van der Waals surface area contributed by atoms with E-state index in [0.717, 1.165) is 0 Å². The Morgan fingerprint density at radius 2 is 1.59 bits per heavy atom. The monoisotopic (exact) mass is 477 g/mol. The van der Waals surface area contributed by atoms with Gasteiger partial charge in [0.25, 0.3) is 0 Å². The first-order chi connectivity index (χ1) is 15.1. The van der Waals surface area contributed by atoms with Crippen molar-refractivity contribution < 1.29 is 26.0 Å². The Bertz CT molecular complexity index is 1280. The maximum Gasteiger partial charge on any atom is 0.322 e. The number of nitrogens with zero attached hydrogens (tertiary/aromatic N) is 2. The van der Waals surface area contributed by atoms with Gasteiger partial charge in [-0.25, -0.2) is 16.8 Å². The summed E-state index contributed by atoms with van der Waals surface area (Å²) in [6.45, 7) is 3.21. The van der Waals surface area contributed by atoms with Crippen molar-refractivity contribution in [1.82, 2.24) is 10.2 Å². The molecule has 0 aliphatic carbocycles. The molecule has 0 aliphatic heterocycles. The molecule has 0 bridgehead atoms. The van der Waals surface area contributed by atoms with Gasteiger partial charge in [0.2, 0.25) is 11.8 Å². The number of aryl methyl sites for hydroxylation is 1. The zero-order valence-electron chi connectivity index (χ0n) is 17.6. The number of hydrogen-bond donors (Lipinski definition) is 1. The normalized spacial score (nSPS) is 12.1. The fourth-order valence-electron chi connectivity index (χ4n) is 2.79. The van der Waals surface area contributed by atoms with Crippen molar-refractivity contribution in [2.75, 3.05) is 11.1 Å². The summed E-state index contributed by atoms with van der Waals surface area (Å²) in [4.78, 5) is 12.6. The topological polar surface area (TPSA) is 136 Å². The molecule has 2 aromatic carbocycles. The van der Waals surface area contributed by atoms with E-state index in [2.05, 4.69) is 15.5 Å². The first-order valence-electron chi connectivity index (χ1n) is 9.81. The summed E-state index contributed by atoms with van der Waals surface area (Å²) in [7, 11) is -6.87. The minimum Gasteiger partial charge on any atom is -0.408 e. The molecule has 0 spiro atoms. The number of hydrogen-bond acceptors (Lipinski definition) is 8. The van der Waals surface area contributed by atoms with Gasteiger partial charge < -0.3 is 4.42 Å². The third-order valence-corrected chi connectivity index (χ3v) is 8.54. The van der Waals surface area contributed by atoms with Crippen molar-refractivity contribution in [1.29, 1.82) is 0 Å². The van der Waals surface area contributed by atoms with Gasteiger partial charge in [-0.05, 0) is 43.7 Å². The molecule has 170 valence electrons. The first-order valence-corrected chi connectivity index (χ1v) is 13.0. The van der Waals surface area contributed by atoms with E-state index in [-0.39, 0.29) is 40.3 Å². The number of amides is 1. The van der Waals surface area contributed by atoms with E-state index in [1.54, 1.807) is 44.2 Å². The third-order valence-electron chi connectivity index (χ3n) is 4.64. The molecule has 11 heteroatoms. The van der Waals surface area contributed by atoms with Crippen LogP contribution in [-0.4, -0.2) is 43.9 Å². The SMILES string of the molecule is CC(C)S(=O)(=O)c1ccc(CC(=O)Nc2nnc(CCS(=O)(=O)c3ccccc3)o2)cc1. The van der Waals surface area contributed by atoms with Crippen molar-refractivity contribution in [2.45, 2.75) is 41.7 Å². The number of nitrogens with one attached hydrogen (secondary N) is 1. The van der Waals surface area contributed by atoms with E-state index in [1.165, 1.54) is 24.3 Å². The molecule has 0 radical (unpaired) electrons. The Morgan fingerprint density at radius 1 is 0.938 bits per heavy atom. The molecular formula is C21H23N3O6S2. The average Bonchev–Trinajstić information content (AvgIpc) is 3.20. The number of carbonyl (C=O) groups is 1. The smallest absolute Gasteiger partial charge is 0.322 e. The largest absolute Gasteiger partial charge is 0.408 e. The van der Waals surface area contributed by atoms with Gasteiger partial charge in [0.15, 0.2) is 19.7 Å². The highest BCUT2D eigenvalue weighted by Gasteiger charge is 2.19. The number of aromatic nitrogens is 2. The lowest BCUT2D eigenvalue weighted by Gasteiger charge is -2.08. The second-order valence-corrected chi connectivity index (χ2v) is 12.0. The van der Waals surface area contributed by atoms with Crippen LogP contribution in [0.25, 0.3) is 0 Å². The Labute approximate surface area is 186 Å². The second kappa shape index (κ2) is 9.61. The van der Waals surface area contributed by atoms with E-state index < -0.39 is 30.8 Å². The minimum atomic E-state index is -3.49. The summed E-state index contributed by atoms with van der Waals surface area (Å²) in [6.07, 6.45) is -0.0198. The molecule has 1 heterocycles. The quantitative estimate of drug-likeness (QED) is 0.496. The predicted molar refractivity (Wildman–Crippen MR) is 118 cm³/mol. The molecule has 1 N–H and O–H groups in total. The molecular weight excluding hydrogens is 454 g/mol. The van der Waals surface area contributed by atoms with Gasteiger partial charge in [-0.15, -0.1) is 5.10 Å². The summed E-state index contributed by atoms with van der Waals surface area (Å²) in [5.41, 5.74) is 0.610. The van der Waals surface area contributed by atoms with Crippen molar-refractivity contribution in [3.05, 3.63) is 66.1 Å². The highest BCUT2D eigenvalue weighted by atomic mass is 32.2. The zero-order chi connectivity index (χ0) is 23.4. The van der Waals surface area contributed by atoms with E-state index in [9.17, 15) is 21.6 Å². The highest BCUT2D eigenvalue weighted by molar-refractivity contribution is 7.92. The third kappa shape index (κ3) is 5.80. The van der Waals surface area contributed by atoms with Crippen molar-refractivity contribution in [2.24, 2.45) is 0 Å². The molecule has 1 amide bonds. The number of rotatable bonds is 9. The lowest BCUT2D eigenvalue weighted by Crippen LogP contribution is -2.16. The molecule has 0 fully saturated rings. The molecule has 0 saturated carbocycles. The molecule has 0 atom stereocenters. The molecule has 0 unspecified atom stereocenters. The van der Waals surface area contributed by atoms with Crippen LogP contribution in [0.15, 0.2) is 68.8 Å². The molecule has 0 aliphatic rings. The Balaban J connectivity index is 1.56. The number of anilines is 1. The standard InChI is InChI=1S/C21H23N3O6S2/c1-15(2)32(28,29)18-10-8-16(9-11-18)14-19(25)22-21-24-23-20(30-21)12-13-31(26,27)17-6-4-3-5-7-17/h3-11,15H,12-14H2,1-2H3,(H,22,24,25). The molecule has 3 aromatic rings. The van der Waals surface area contributed by atoms with Crippen LogP contribution in [0.2, 0.25) is 0 Å². The fourth-order valence-corrected chi connectivity index (χ4v) is 5.10. The number of sulfone groups is 2. The van der Waals surface area contributed by atoms with E-state index in [0.29, 0.717) is 5.56 Å². The van der Waals surface area contributed by atoms with E-state index >= 15 is 0 Å². The van der Waals surface area contributed by atoms with Crippen LogP contribution in [0.3, 0.4) is 0 Å². The van der Waals surface area contributed by atoms with Gasteiger partial charge in [-0.3, -0.25) is 10.1 Å². The molecule has 9 nitrogen and oxygen atoms in total. The van der Waals surface area contributed by atoms with Gasteiger partial charge in [0.05, 0.1) is 27.2 Å². The van der Waals surface area contributed by atoms with Gasteiger partial charge in [-0.2, -0.15) is 0 Å². The summed E-state index contributed by atoms with van der Waals surface area (Å²) < 4.78 is 54.3. The van der Waals surface area contributed by atoms with Crippen LogP contribution < -0.4 is 5.32 Å². The van der Waals surface area contributed by atoms with Crippen LogP contribution >= 0.6 is 0 Å². The highest BCUT2D eigenvalue weighted by Crippen LogP contribution is 2.17. The summed E-state index contributed by atoms with van der Waals surface area (Å²) in [5.74, 6) is -0.558. The summed E-state index contributed by atoms with van der Waals surface area (Å²) in [5, 5.41) is 9.40. The van der Waals surface area contributed by atoms with Crippen LogP contribution in [0.1, 0.15) is 25.3 Å². The lowest BCUT2D eigenvalue weighted by atomic mass is 10.1. The van der Waals surface area contributed by atoms with Crippen molar-refractivity contribution in [3.8, 4) is 0 Å². The minimum absolute atomic E-state index is 0.00584. The molecule has 32 heavy (non-hydrogen) atoms. The Morgan fingerprint density at radius 3 is 2.22 bits per heavy atom.